The average molecular weight is 423 g/mol. The van der Waals surface area contributed by atoms with Gasteiger partial charge in [0.2, 0.25) is 0 Å². The third-order valence-electron chi connectivity index (χ3n) is 3.98. The second-order valence-corrected chi connectivity index (χ2v) is 6.96. The zero-order valence-electron chi connectivity index (χ0n) is 16.1. The Morgan fingerprint density at radius 2 is 1.80 bits per heavy atom. The molecular formula is C21H17N3O5S. The first-order chi connectivity index (χ1) is 14.5. The predicted molar refractivity (Wildman–Crippen MR) is 114 cm³/mol. The molecule has 0 bridgehead atoms. The van der Waals surface area contributed by atoms with Crippen LogP contribution in [0.3, 0.4) is 0 Å². The smallest absolute Gasteiger partial charge is 0.337 e. The van der Waals surface area contributed by atoms with Gasteiger partial charge in [-0.3, -0.25) is 10.1 Å². The Kier molecular flexibility index (Phi) is 6.76. The third kappa shape index (κ3) is 5.21. The number of carbonyl (C=O) groups is 3. The van der Waals surface area contributed by atoms with Crippen molar-refractivity contribution in [3.8, 4) is 11.1 Å². The standard InChI is InChI=1S/C21H17N3O5S/c1-28-18(25)11-17-19(26)23-21(30-17)24-22-12-13-4-3-5-16(10-13)14-6-8-15(9-7-14)20(27)29-2/h3-12H,1-2H3,(H,23,24,26)/b17-11+,22-12?. The summed E-state index contributed by atoms with van der Waals surface area (Å²) in [6.07, 6.45) is 2.65. The summed E-state index contributed by atoms with van der Waals surface area (Å²) in [6, 6.07) is 14.7. The first-order valence-corrected chi connectivity index (χ1v) is 9.50. The van der Waals surface area contributed by atoms with Gasteiger partial charge in [-0.05, 0) is 46.7 Å². The quantitative estimate of drug-likeness (QED) is 0.343. The molecule has 8 nitrogen and oxygen atoms in total. The number of nitrogens with one attached hydrogen (secondary N) is 1. The summed E-state index contributed by atoms with van der Waals surface area (Å²) in [5.41, 5.74) is 3.15. The zero-order valence-corrected chi connectivity index (χ0v) is 16.9. The van der Waals surface area contributed by atoms with Gasteiger partial charge in [0.15, 0.2) is 5.17 Å². The monoisotopic (exact) mass is 423 g/mol. The molecule has 1 aliphatic rings. The van der Waals surface area contributed by atoms with Crippen LogP contribution in [0.1, 0.15) is 15.9 Å². The maximum Gasteiger partial charge on any atom is 0.337 e. The molecule has 0 saturated carbocycles. The molecule has 3 rings (SSSR count). The Labute approximate surface area is 176 Å². The topological polar surface area (TPSA) is 106 Å². The first kappa shape index (κ1) is 21.0. The number of amidine groups is 1. The summed E-state index contributed by atoms with van der Waals surface area (Å²) in [7, 11) is 2.58. The van der Waals surface area contributed by atoms with Gasteiger partial charge in [0.25, 0.3) is 5.91 Å². The van der Waals surface area contributed by atoms with Gasteiger partial charge in [-0.15, -0.1) is 5.10 Å². The fraction of sp³-hybridized carbons (Fsp3) is 0.0952. The van der Waals surface area contributed by atoms with E-state index in [2.05, 4.69) is 20.3 Å². The molecule has 152 valence electrons. The fourth-order valence-corrected chi connectivity index (χ4v) is 3.24. The van der Waals surface area contributed by atoms with Crippen molar-refractivity contribution in [1.29, 1.82) is 0 Å². The van der Waals surface area contributed by atoms with Gasteiger partial charge in [0.05, 0.1) is 30.9 Å². The van der Waals surface area contributed by atoms with Crippen LogP contribution in [-0.4, -0.2) is 43.4 Å². The molecular weight excluding hydrogens is 406 g/mol. The first-order valence-electron chi connectivity index (χ1n) is 8.69. The number of hydrogen-bond acceptors (Lipinski definition) is 8. The van der Waals surface area contributed by atoms with Gasteiger partial charge in [-0.1, -0.05) is 30.3 Å². The van der Waals surface area contributed by atoms with Gasteiger partial charge in [-0.2, -0.15) is 5.10 Å². The molecule has 1 N–H and O–H groups in total. The van der Waals surface area contributed by atoms with Gasteiger partial charge < -0.3 is 9.47 Å². The Morgan fingerprint density at radius 3 is 2.50 bits per heavy atom. The molecule has 1 saturated heterocycles. The van der Waals surface area contributed by atoms with Gasteiger partial charge in [0.1, 0.15) is 0 Å². The zero-order chi connectivity index (χ0) is 21.5. The number of ether oxygens (including phenoxy) is 2. The van der Waals surface area contributed by atoms with E-state index in [1.165, 1.54) is 14.2 Å². The van der Waals surface area contributed by atoms with Crippen molar-refractivity contribution in [3.05, 3.63) is 70.6 Å². The highest BCUT2D eigenvalue weighted by molar-refractivity contribution is 8.18. The van der Waals surface area contributed by atoms with Crippen molar-refractivity contribution >= 4 is 41.0 Å². The highest BCUT2D eigenvalue weighted by Crippen LogP contribution is 2.24. The van der Waals surface area contributed by atoms with E-state index in [0.29, 0.717) is 5.56 Å². The van der Waals surface area contributed by atoms with E-state index < -0.39 is 11.9 Å². The number of hydrogen-bond donors (Lipinski definition) is 1. The number of rotatable bonds is 5. The Bertz CT molecular complexity index is 1070. The van der Waals surface area contributed by atoms with Crippen LogP contribution in [0.2, 0.25) is 0 Å². The fourth-order valence-electron chi connectivity index (χ4n) is 2.50. The molecule has 1 heterocycles. The Hall–Kier alpha value is -3.72. The van der Waals surface area contributed by atoms with Crippen molar-refractivity contribution < 1.29 is 23.9 Å². The van der Waals surface area contributed by atoms with E-state index >= 15 is 0 Å². The summed E-state index contributed by atoms with van der Waals surface area (Å²) >= 11 is 1.00. The maximum absolute atomic E-state index is 11.8. The molecule has 1 fully saturated rings. The van der Waals surface area contributed by atoms with Crippen molar-refractivity contribution in [2.75, 3.05) is 14.2 Å². The number of esters is 2. The minimum Gasteiger partial charge on any atom is -0.466 e. The molecule has 0 atom stereocenters. The summed E-state index contributed by atoms with van der Waals surface area (Å²) in [4.78, 5) is 34.8. The second-order valence-electron chi connectivity index (χ2n) is 5.93. The number of nitrogens with zero attached hydrogens (tertiary/aromatic N) is 2. The second kappa shape index (κ2) is 9.66. The van der Waals surface area contributed by atoms with Crippen LogP contribution in [0.5, 0.6) is 0 Å². The van der Waals surface area contributed by atoms with Crippen LogP contribution in [0.4, 0.5) is 0 Å². The van der Waals surface area contributed by atoms with E-state index in [1.54, 1.807) is 18.3 Å². The number of methoxy groups -OCH3 is 2. The lowest BCUT2D eigenvalue weighted by Crippen LogP contribution is -2.19. The third-order valence-corrected chi connectivity index (χ3v) is 4.88. The van der Waals surface area contributed by atoms with Crippen LogP contribution in [0.15, 0.2) is 69.7 Å². The summed E-state index contributed by atoms with van der Waals surface area (Å²) < 4.78 is 9.21. The summed E-state index contributed by atoms with van der Waals surface area (Å²) in [5, 5.41) is 10.8. The number of thioether (sulfide) groups is 1. The Morgan fingerprint density at radius 1 is 1.03 bits per heavy atom. The summed E-state index contributed by atoms with van der Waals surface area (Å²) in [5.74, 6) is -1.44. The highest BCUT2D eigenvalue weighted by atomic mass is 32.2. The number of carbonyl (C=O) groups excluding carboxylic acids is 3. The lowest BCUT2D eigenvalue weighted by Gasteiger charge is -2.04. The van der Waals surface area contributed by atoms with Crippen molar-refractivity contribution in [1.82, 2.24) is 5.32 Å². The van der Waals surface area contributed by atoms with Gasteiger partial charge in [-0.25, -0.2) is 9.59 Å². The van der Waals surface area contributed by atoms with E-state index in [-0.39, 0.29) is 16.0 Å². The largest absolute Gasteiger partial charge is 0.466 e. The predicted octanol–water partition coefficient (Wildman–Crippen LogP) is 2.75. The molecule has 1 aliphatic heterocycles. The van der Waals surface area contributed by atoms with Crippen LogP contribution >= 0.6 is 11.8 Å². The molecule has 0 aromatic heterocycles. The number of amides is 1. The maximum atomic E-state index is 11.8. The lowest BCUT2D eigenvalue weighted by molar-refractivity contribution is -0.135. The van der Waals surface area contributed by atoms with Gasteiger partial charge >= 0.3 is 11.9 Å². The van der Waals surface area contributed by atoms with E-state index in [9.17, 15) is 14.4 Å². The molecule has 1 amide bonds. The molecule has 30 heavy (non-hydrogen) atoms. The van der Waals surface area contributed by atoms with E-state index in [0.717, 1.165) is 34.5 Å². The van der Waals surface area contributed by atoms with Crippen molar-refractivity contribution in [3.63, 3.8) is 0 Å². The van der Waals surface area contributed by atoms with Gasteiger partial charge in [0, 0.05) is 6.08 Å². The van der Waals surface area contributed by atoms with E-state index in [1.807, 2.05) is 36.4 Å². The van der Waals surface area contributed by atoms with Crippen molar-refractivity contribution in [2.24, 2.45) is 10.2 Å². The molecule has 0 unspecified atom stereocenters. The minimum atomic E-state index is -0.617. The molecule has 9 heteroatoms. The number of benzene rings is 2. The molecule has 0 aliphatic carbocycles. The lowest BCUT2D eigenvalue weighted by atomic mass is 10.0. The van der Waals surface area contributed by atoms with Crippen LogP contribution in [0, 0.1) is 0 Å². The molecule has 2 aromatic carbocycles. The molecule has 0 spiro atoms. The van der Waals surface area contributed by atoms with E-state index in [4.69, 9.17) is 4.74 Å². The average Bonchev–Trinajstić information content (AvgIpc) is 3.12. The SMILES string of the molecule is COC(=O)/C=C1/S/C(=N\N=Cc2cccc(-c3ccc(C(=O)OC)cc3)c2)NC1=O. The molecule has 0 radical (unpaired) electrons. The van der Waals surface area contributed by atoms with Crippen LogP contribution in [0.25, 0.3) is 11.1 Å². The minimum absolute atomic E-state index is 0.188. The van der Waals surface area contributed by atoms with Crippen LogP contribution < -0.4 is 5.32 Å². The summed E-state index contributed by atoms with van der Waals surface area (Å²) in [6.45, 7) is 0. The highest BCUT2D eigenvalue weighted by Gasteiger charge is 2.24. The van der Waals surface area contributed by atoms with Crippen LogP contribution in [-0.2, 0) is 19.1 Å². The normalized spacial score (nSPS) is 16.1. The molecule has 2 aromatic rings. The Balaban J connectivity index is 1.71. The van der Waals surface area contributed by atoms with Crippen molar-refractivity contribution in [2.45, 2.75) is 0 Å².